The molecule has 1 amide bonds. The summed E-state index contributed by atoms with van der Waals surface area (Å²) in [6.45, 7) is 3.34. The predicted octanol–water partition coefficient (Wildman–Crippen LogP) is 4.55. The molecule has 3 bridgehead atoms. The molecule has 230 valence electrons. The Morgan fingerprint density at radius 1 is 1.21 bits per heavy atom. The number of nitrogens with two attached hydrogens (primary N) is 1. The zero-order chi connectivity index (χ0) is 29.8. The van der Waals surface area contributed by atoms with Gasteiger partial charge in [0.1, 0.15) is 6.10 Å². The van der Waals surface area contributed by atoms with Crippen LogP contribution in [0, 0.1) is 17.3 Å². The first-order chi connectivity index (χ1) is 20.6. The fourth-order valence-corrected chi connectivity index (χ4v) is 9.26. The zero-order valence-electron chi connectivity index (χ0n) is 24.2. The molecule has 2 aromatic carbocycles. The maximum atomic E-state index is 14.0. The first-order valence-corrected chi connectivity index (χ1v) is 17.4. The highest BCUT2D eigenvalue weighted by Gasteiger charge is 2.53. The minimum absolute atomic E-state index is 0.0469. The second-order valence-electron chi connectivity index (χ2n) is 12.9. The van der Waals surface area contributed by atoms with Gasteiger partial charge in [0.25, 0.3) is 0 Å². The molecule has 0 spiro atoms. The summed E-state index contributed by atoms with van der Waals surface area (Å²) >= 11 is 1.27. The number of fused-ring (bicyclic) bond motifs is 3. The van der Waals surface area contributed by atoms with Gasteiger partial charge in [0, 0.05) is 31.0 Å². The molecule has 6 atom stereocenters. The molecular weight excluding hydrogens is 588 g/mol. The maximum Gasteiger partial charge on any atom is 0.407 e. The number of aromatic nitrogens is 1. The summed E-state index contributed by atoms with van der Waals surface area (Å²) in [7, 11) is -3.81. The number of nitrogens with zero attached hydrogens (tertiary/aromatic N) is 2. The Balaban J connectivity index is 1.08. The Morgan fingerprint density at radius 3 is 2.81 bits per heavy atom. The minimum Gasteiger partial charge on any atom is -0.443 e. The van der Waals surface area contributed by atoms with Crippen LogP contribution < -0.4 is 11.1 Å². The Hall–Kier alpha value is -2.77. The topological polar surface area (TPSA) is 133 Å². The number of thiazole rings is 1. The van der Waals surface area contributed by atoms with Crippen molar-refractivity contribution in [2.45, 2.75) is 74.9 Å². The number of anilines is 1. The number of carbonyl (C=O) groups excluding carboxylic acids is 1. The van der Waals surface area contributed by atoms with Crippen molar-refractivity contribution in [1.82, 2.24) is 14.6 Å². The SMILES string of the molecule is CC1(CN(CCC(Cc2ccccc2)NC(=O)OC2C3COC4OC2CC4C3)S(=O)(=O)c2ccc3nc(N)sc3c2)CC1. The average Bonchev–Trinajstić information content (AvgIpc) is 3.47. The predicted molar refractivity (Wildman–Crippen MR) is 163 cm³/mol. The van der Waals surface area contributed by atoms with Crippen LogP contribution in [0.2, 0.25) is 0 Å². The van der Waals surface area contributed by atoms with E-state index in [4.69, 9.17) is 19.9 Å². The van der Waals surface area contributed by atoms with E-state index in [0.29, 0.717) is 42.6 Å². The number of alkyl carbamates (subject to hydrolysis) is 1. The lowest BCUT2D eigenvalue weighted by Crippen LogP contribution is -2.48. The number of hydrogen-bond donors (Lipinski definition) is 2. The van der Waals surface area contributed by atoms with Crippen molar-refractivity contribution in [1.29, 1.82) is 0 Å². The smallest absolute Gasteiger partial charge is 0.407 e. The standard InChI is InChI=1S/C31H38N4O6S2/c1-31(10-11-31)18-35(43(37,38)23-7-8-24-26(16-23)42-29(32)34-24)12-9-22(13-19-5-3-2-4-6-19)33-30(36)41-27-21-14-20-15-25(27)40-28(20)39-17-21/h2-8,16,20-22,25,27-28H,9-15,17-18H2,1H3,(H2,32,34)(H,33,36). The van der Waals surface area contributed by atoms with Crippen molar-refractivity contribution in [3.05, 3.63) is 54.1 Å². The Labute approximate surface area is 255 Å². The second kappa shape index (κ2) is 11.3. The molecule has 4 aliphatic rings. The van der Waals surface area contributed by atoms with E-state index in [1.807, 2.05) is 30.3 Å². The third-order valence-electron chi connectivity index (χ3n) is 9.43. The first kappa shape index (κ1) is 29.0. The minimum atomic E-state index is -3.81. The molecule has 3 heterocycles. The quantitative estimate of drug-likeness (QED) is 0.317. The van der Waals surface area contributed by atoms with Crippen molar-refractivity contribution in [3.63, 3.8) is 0 Å². The van der Waals surface area contributed by atoms with E-state index in [2.05, 4.69) is 17.2 Å². The van der Waals surface area contributed by atoms with Crippen LogP contribution in [0.1, 0.15) is 44.6 Å². The average molecular weight is 627 g/mol. The lowest BCUT2D eigenvalue weighted by atomic mass is 9.78. The van der Waals surface area contributed by atoms with E-state index in [9.17, 15) is 13.2 Å². The molecule has 1 aromatic heterocycles. The van der Waals surface area contributed by atoms with Gasteiger partial charge in [-0.2, -0.15) is 4.31 Å². The van der Waals surface area contributed by atoms with Crippen LogP contribution in [0.15, 0.2) is 53.4 Å². The van der Waals surface area contributed by atoms with E-state index in [1.54, 1.807) is 22.5 Å². The molecule has 3 N–H and O–H groups in total. The molecule has 6 unspecified atom stereocenters. The largest absolute Gasteiger partial charge is 0.443 e. The number of ether oxygens (including phenoxy) is 3. The molecule has 2 saturated heterocycles. The molecule has 10 nitrogen and oxygen atoms in total. The van der Waals surface area contributed by atoms with Crippen molar-refractivity contribution in [2.24, 2.45) is 17.3 Å². The molecule has 2 aliphatic heterocycles. The Kier molecular flexibility index (Phi) is 7.61. The molecule has 2 aliphatic carbocycles. The van der Waals surface area contributed by atoms with E-state index >= 15 is 0 Å². The summed E-state index contributed by atoms with van der Waals surface area (Å²) in [4.78, 5) is 17.8. The van der Waals surface area contributed by atoms with E-state index in [0.717, 1.165) is 35.9 Å². The third kappa shape index (κ3) is 6.12. The van der Waals surface area contributed by atoms with Crippen LogP contribution in [-0.4, -0.2) is 68.0 Å². The van der Waals surface area contributed by atoms with Gasteiger partial charge in [0.2, 0.25) is 10.0 Å². The molecule has 2 saturated carbocycles. The third-order valence-corrected chi connectivity index (χ3v) is 12.1. The molecule has 43 heavy (non-hydrogen) atoms. The summed E-state index contributed by atoms with van der Waals surface area (Å²) in [5.41, 5.74) is 7.56. The van der Waals surface area contributed by atoms with Crippen LogP contribution in [0.25, 0.3) is 10.2 Å². The number of sulfonamides is 1. The van der Waals surface area contributed by atoms with Crippen LogP contribution in [0.5, 0.6) is 0 Å². The van der Waals surface area contributed by atoms with Crippen molar-refractivity contribution in [3.8, 4) is 0 Å². The Morgan fingerprint density at radius 2 is 2.02 bits per heavy atom. The molecule has 7 rings (SSSR count). The van der Waals surface area contributed by atoms with Gasteiger partial charge in [-0.1, -0.05) is 48.6 Å². The molecule has 0 radical (unpaired) electrons. The second-order valence-corrected chi connectivity index (χ2v) is 15.9. The van der Waals surface area contributed by atoms with E-state index in [-0.39, 0.29) is 47.3 Å². The van der Waals surface area contributed by atoms with Crippen LogP contribution in [0.4, 0.5) is 9.93 Å². The number of nitrogen functional groups attached to an aromatic ring is 1. The number of carbonyl (C=O) groups is 1. The number of rotatable bonds is 11. The number of nitrogens with one attached hydrogen (secondary N) is 1. The van der Waals surface area contributed by atoms with Crippen molar-refractivity contribution >= 4 is 42.8 Å². The Bertz CT molecular complexity index is 1590. The zero-order valence-corrected chi connectivity index (χ0v) is 25.8. The summed E-state index contributed by atoms with van der Waals surface area (Å²) in [5, 5.41) is 3.49. The fraction of sp³-hybridized carbons (Fsp3) is 0.548. The van der Waals surface area contributed by atoms with Crippen LogP contribution >= 0.6 is 11.3 Å². The summed E-state index contributed by atoms with van der Waals surface area (Å²) in [6, 6.07) is 14.5. The lowest BCUT2D eigenvalue weighted by Gasteiger charge is -2.36. The highest BCUT2D eigenvalue weighted by molar-refractivity contribution is 7.89. The summed E-state index contributed by atoms with van der Waals surface area (Å²) < 4.78 is 48.2. The number of benzene rings is 2. The van der Waals surface area contributed by atoms with E-state index < -0.39 is 16.1 Å². The normalized spacial score (nSPS) is 27.8. The monoisotopic (exact) mass is 626 g/mol. The summed E-state index contributed by atoms with van der Waals surface area (Å²) in [6.07, 6.45) is 3.57. The maximum absolute atomic E-state index is 14.0. The van der Waals surface area contributed by atoms with Gasteiger partial charge in [-0.05, 0) is 67.7 Å². The van der Waals surface area contributed by atoms with Gasteiger partial charge in [-0.25, -0.2) is 18.2 Å². The van der Waals surface area contributed by atoms with Gasteiger partial charge in [0.05, 0.1) is 27.8 Å². The molecule has 4 fully saturated rings. The highest BCUT2D eigenvalue weighted by Crippen LogP contribution is 2.47. The van der Waals surface area contributed by atoms with Crippen LogP contribution in [0.3, 0.4) is 0 Å². The van der Waals surface area contributed by atoms with Gasteiger partial charge in [-0.3, -0.25) is 0 Å². The van der Waals surface area contributed by atoms with Gasteiger partial charge < -0.3 is 25.3 Å². The van der Waals surface area contributed by atoms with Crippen molar-refractivity contribution in [2.75, 3.05) is 25.4 Å². The van der Waals surface area contributed by atoms with Gasteiger partial charge in [-0.15, -0.1) is 0 Å². The highest BCUT2D eigenvalue weighted by atomic mass is 32.2. The van der Waals surface area contributed by atoms with Crippen molar-refractivity contribution < 1.29 is 27.4 Å². The van der Waals surface area contributed by atoms with Gasteiger partial charge >= 0.3 is 6.09 Å². The molecule has 3 aromatic rings. The summed E-state index contributed by atoms with van der Waals surface area (Å²) in [5.74, 6) is 0.514. The van der Waals surface area contributed by atoms with E-state index in [1.165, 1.54) is 11.3 Å². The molecule has 12 heteroatoms. The number of hydrogen-bond acceptors (Lipinski definition) is 9. The van der Waals surface area contributed by atoms with Gasteiger partial charge in [0.15, 0.2) is 11.4 Å². The number of amides is 1. The fourth-order valence-electron chi connectivity index (χ4n) is 6.78. The lowest BCUT2D eigenvalue weighted by molar-refractivity contribution is -0.153. The van der Waals surface area contributed by atoms with Crippen LogP contribution in [-0.2, 0) is 30.7 Å². The molecular formula is C31H38N4O6S2. The first-order valence-electron chi connectivity index (χ1n) is 15.1.